The summed E-state index contributed by atoms with van der Waals surface area (Å²) in [6, 6.07) is -0.350. The van der Waals surface area contributed by atoms with Crippen LogP contribution in [0.4, 0.5) is 0 Å². The molecule has 1 rings (SSSR count). The second kappa shape index (κ2) is 6.10. The Bertz CT molecular complexity index is 221. The van der Waals surface area contributed by atoms with Crippen molar-refractivity contribution in [1.82, 2.24) is 4.90 Å². The maximum absolute atomic E-state index is 11.7. The first-order chi connectivity index (χ1) is 7.20. The molecule has 5 heteroatoms. The average molecular weight is 278 g/mol. The lowest BCUT2D eigenvalue weighted by atomic mass is 10.2. The molecule has 0 radical (unpaired) electrons. The molecular weight excluding hydrogens is 262 g/mol. The van der Waals surface area contributed by atoms with Crippen LogP contribution in [0.2, 0.25) is 0 Å². The van der Waals surface area contributed by atoms with E-state index in [0.717, 1.165) is 12.8 Å². The van der Waals surface area contributed by atoms with E-state index >= 15 is 0 Å². The van der Waals surface area contributed by atoms with Gasteiger partial charge in [0.25, 0.3) is 0 Å². The Hall–Kier alpha value is -0.580. The first-order valence-corrected chi connectivity index (χ1v) is 6.35. The van der Waals surface area contributed by atoms with E-state index in [4.69, 9.17) is 4.74 Å². The maximum atomic E-state index is 11.7. The zero-order valence-corrected chi connectivity index (χ0v) is 10.5. The molecule has 4 nitrogen and oxygen atoms in total. The van der Waals surface area contributed by atoms with Crippen LogP contribution in [0.25, 0.3) is 0 Å². The number of alkyl halides is 1. The van der Waals surface area contributed by atoms with Crippen molar-refractivity contribution in [2.45, 2.75) is 32.2 Å². The minimum absolute atomic E-state index is 0.0300. The largest absolute Gasteiger partial charge is 0.464 e. The lowest BCUT2D eigenvalue weighted by Gasteiger charge is -2.22. The van der Waals surface area contributed by atoms with Crippen LogP contribution < -0.4 is 0 Å². The van der Waals surface area contributed by atoms with Crippen molar-refractivity contribution >= 4 is 27.8 Å². The van der Waals surface area contributed by atoms with Crippen LogP contribution in [0.5, 0.6) is 0 Å². The van der Waals surface area contributed by atoms with Crippen LogP contribution in [0.3, 0.4) is 0 Å². The molecule has 0 bridgehead atoms. The summed E-state index contributed by atoms with van der Waals surface area (Å²) in [5.41, 5.74) is 0. The van der Waals surface area contributed by atoms with Crippen LogP contribution in [0.1, 0.15) is 26.2 Å². The minimum atomic E-state index is -0.350. The normalized spacial score (nSPS) is 20.4. The molecule has 1 aliphatic heterocycles. The van der Waals surface area contributed by atoms with E-state index < -0.39 is 0 Å². The predicted octanol–water partition coefficient (Wildman–Crippen LogP) is 1.33. The smallest absolute Gasteiger partial charge is 0.328 e. The number of amides is 1. The fourth-order valence-electron chi connectivity index (χ4n) is 1.77. The quantitative estimate of drug-likeness (QED) is 0.575. The van der Waals surface area contributed by atoms with Gasteiger partial charge in [-0.05, 0) is 19.8 Å². The van der Waals surface area contributed by atoms with Crippen LogP contribution in [-0.4, -0.2) is 41.3 Å². The Balaban J connectivity index is 2.56. The molecule has 15 heavy (non-hydrogen) atoms. The zero-order chi connectivity index (χ0) is 11.3. The van der Waals surface area contributed by atoms with E-state index in [-0.39, 0.29) is 17.9 Å². The van der Waals surface area contributed by atoms with Gasteiger partial charge in [-0.25, -0.2) is 4.79 Å². The van der Waals surface area contributed by atoms with Gasteiger partial charge in [-0.2, -0.15) is 0 Å². The van der Waals surface area contributed by atoms with Crippen molar-refractivity contribution in [3.63, 3.8) is 0 Å². The van der Waals surface area contributed by atoms with Crippen molar-refractivity contribution in [1.29, 1.82) is 0 Å². The first kappa shape index (κ1) is 12.5. The van der Waals surface area contributed by atoms with Gasteiger partial charge in [-0.15, -0.1) is 0 Å². The number of carbonyl (C=O) groups is 2. The van der Waals surface area contributed by atoms with Gasteiger partial charge in [0.05, 0.1) is 6.61 Å². The van der Waals surface area contributed by atoms with E-state index in [2.05, 4.69) is 15.9 Å². The lowest BCUT2D eigenvalue weighted by Crippen LogP contribution is -2.41. The summed E-state index contributed by atoms with van der Waals surface area (Å²) in [7, 11) is 0. The number of esters is 1. The third-order valence-corrected chi connectivity index (χ3v) is 2.84. The van der Waals surface area contributed by atoms with Gasteiger partial charge < -0.3 is 9.64 Å². The number of nitrogens with zero attached hydrogens (tertiary/aromatic N) is 1. The molecule has 86 valence electrons. The van der Waals surface area contributed by atoms with E-state index in [0.29, 0.717) is 24.9 Å². The molecule has 1 saturated heterocycles. The Morgan fingerprint density at radius 3 is 2.87 bits per heavy atom. The van der Waals surface area contributed by atoms with Gasteiger partial charge in [0.1, 0.15) is 6.04 Å². The number of halogens is 1. The third-order valence-electron chi connectivity index (χ3n) is 2.44. The number of likely N-dealkylation sites (tertiary alicyclic amines) is 1. The molecule has 1 aliphatic rings. The number of hydrogen-bond donors (Lipinski definition) is 0. The van der Waals surface area contributed by atoms with Crippen molar-refractivity contribution in [3.8, 4) is 0 Å². The van der Waals surface area contributed by atoms with Crippen molar-refractivity contribution < 1.29 is 14.3 Å². The highest BCUT2D eigenvalue weighted by Crippen LogP contribution is 2.19. The van der Waals surface area contributed by atoms with Gasteiger partial charge in [-0.3, -0.25) is 4.79 Å². The number of carbonyl (C=O) groups excluding carboxylic acids is 2. The average Bonchev–Trinajstić information content (AvgIpc) is 2.66. The maximum Gasteiger partial charge on any atom is 0.328 e. The van der Waals surface area contributed by atoms with Gasteiger partial charge in [0.2, 0.25) is 5.91 Å². The molecule has 1 heterocycles. The topological polar surface area (TPSA) is 46.6 Å². The molecular formula is C10H16BrNO3. The second-order valence-electron chi connectivity index (χ2n) is 3.44. The molecule has 1 atom stereocenters. The zero-order valence-electron chi connectivity index (χ0n) is 8.87. The summed E-state index contributed by atoms with van der Waals surface area (Å²) in [4.78, 5) is 24.8. The molecule has 1 unspecified atom stereocenters. The van der Waals surface area contributed by atoms with Crippen LogP contribution in [0, 0.1) is 0 Å². The van der Waals surface area contributed by atoms with E-state index in [1.54, 1.807) is 11.8 Å². The summed E-state index contributed by atoms with van der Waals surface area (Å²) < 4.78 is 4.94. The Morgan fingerprint density at radius 2 is 2.27 bits per heavy atom. The van der Waals surface area contributed by atoms with Crippen LogP contribution in [0.15, 0.2) is 0 Å². The molecule has 0 aromatic rings. The van der Waals surface area contributed by atoms with Crippen molar-refractivity contribution in [2.24, 2.45) is 0 Å². The summed E-state index contributed by atoms with van der Waals surface area (Å²) in [6.07, 6.45) is 2.06. The summed E-state index contributed by atoms with van der Waals surface area (Å²) in [6.45, 7) is 2.82. The Labute approximate surface area is 98.1 Å². The molecule has 0 aromatic carbocycles. The van der Waals surface area contributed by atoms with E-state index in [1.807, 2.05) is 0 Å². The molecule has 0 aromatic heterocycles. The fourth-order valence-corrected chi connectivity index (χ4v) is 2.11. The highest BCUT2D eigenvalue weighted by atomic mass is 79.9. The summed E-state index contributed by atoms with van der Waals surface area (Å²) in [5.74, 6) is -0.236. The number of hydrogen-bond acceptors (Lipinski definition) is 3. The lowest BCUT2D eigenvalue weighted by molar-refractivity contribution is -0.152. The molecule has 0 N–H and O–H groups in total. The molecule has 0 aliphatic carbocycles. The number of ether oxygens (including phenoxy) is 1. The summed E-state index contributed by atoms with van der Waals surface area (Å²) in [5, 5.41) is 0.637. The highest BCUT2D eigenvalue weighted by Gasteiger charge is 2.34. The first-order valence-electron chi connectivity index (χ1n) is 5.22. The SMILES string of the molecule is CCOC(=O)C1CCCN1C(=O)CCBr. The van der Waals surface area contributed by atoms with E-state index in [1.165, 1.54) is 0 Å². The monoisotopic (exact) mass is 277 g/mol. The Kier molecular flexibility index (Phi) is 5.08. The van der Waals surface area contributed by atoms with E-state index in [9.17, 15) is 9.59 Å². The predicted molar refractivity (Wildman–Crippen MR) is 59.8 cm³/mol. The van der Waals surface area contributed by atoms with Gasteiger partial charge in [0, 0.05) is 18.3 Å². The highest BCUT2D eigenvalue weighted by molar-refractivity contribution is 9.09. The molecule has 0 spiro atoms. The summed E-state index contributed by atoms with van der Waals surface area (Å²) >= 11 is 3.22. The van der Waals surface area contributed by atoms with Gasteiger partial charge in [-0.1, -0.05) is 15.9 Å². The number of rotatable bonds is 4. The molecule has 0 saturated carbocycles. The van der Waals surface area contributed by atoms with Crippen LogP contribution >= 0.6 is 15.9 Å². The third kappa shape index (κ3) is 3.19. The van der Waals surface area contributed by atoms with Crippen molar-refractivity contribution in [2.75, 3.05) is 18.5 Å². The second-order valence-corrected chi connectivity index (χ2v) is 4.23. The fraction of sp³-hybridized carbons (Fsp3) is 0.800. The van der Waals surface area contributed by atoms with Crippen molar-refractivity contribution in [3.05, 3.63) is 0 Å². The molecule has 1 fully saturated rings. The minimum Gasteiger partial charge on any atom is -0.464 e. The Morgan fingerprint density at radius 1 is 1.53 bits per heavy atom. The van der Waals surface area contributed by atoms with Gasteiger partial charge >= 0.3 is 5.97 Å². The standard InChI is InChI=1S/C10H16BrNO3/c1-2-15-10(14)8-4-3-7-12(8)9(13)5-6-11/h8H,2-7H2,1H3. The van der Waals surface area contributed by atoms with Crippen LogP contribution in [-0.2, 0) is 14.3 Å². The van der Waals surface area contributed by atoms with Gasteiger partial charge in [0.15, 0.2) is 0 Å². The molecule has 1 amide bonds.